The second-order valence-electron chi connectivity index (χ2n) is 8.78. The highest BCUT2D eigenvalue weighted by molar-refractivity contribution is 7.89. The second-order valence-corrected chi connectivity index (χ2v) is 10.5. The Kier molecular flexibility index (Phi) is 6.34. The molecular weight excluding hydrogens is 410 g/mol. The van der Waals surface area contributed by atoms with Crippen molar-refractivity contribution in [2.24, 2.45) is 5.92 Å². The van der Waals surface area contributed by atoms with Crippen LogP contribution >= 0.6 is 0 Å². The molecule has 2 aliphatic rings. The van der Waals surface area contributed by atoms with E-state index in [1.165, 1.54) is 18.5 Å². The van der Waals surface area contributed by atoms with E-state index in [0.29, 0.717) is 18.9 Å². The topological polar surface area (TPSA) is 69.7 Å². The van der Waals surface area contributed by atoms with Crippen molar-refractivity contribution in [3.8, 4) is 0 Å². The summed E-state index contributed by atoms with van der Waals surface area (Å²) in [5, 5.41) is 0. The minimum absolute atomic E-state index is 0.0966. The Labute approximate surface area is 185 Å². The van der Waals surface area contributed by atoms with Gasteiger partial charge < -0.3 is 9.80 Å². The summed E-state index contributed by atoms with van der Waals surface area (Å²) in [5.41, 5.74) is 3.71. The SMILES string of the molecule is Cc1cc(S(=O)(=O)NCc2ccc(N3CCC[C@@H](C)C3)cc2)ccc1N1CCCC1=O. The standard InChI is InChI=1S/C24H31N3O3S/c1-18-5-3-13-26(17-18)21-9-7-20(8-10-21)16-25-31(29,30)22-11-12-23(19(2)15-22)27-14-4-6-24(27)28/h7-12,15,18,25H,3-6,13-14,16-17H2,1-2H3/t18-/m1/s1. The predicted octanol–water partition coefficient (Wildman–Crippen LogP) is 3.84. The van der Waals surface area contributed by atoms with Gasteiger partial charge in [-0.1, -0.05) is 19.1 Å². The smallest absolute Gasteiger partial charge is 0.240 e. The van der Waals surface area contributed by atoms with Gasteiger partial charge in [-0.15, -0.1) is 0 Å². The molecular formula is C24H31N3O3S. The number of anilines is 2. The predicted molar refractivity (Wildman–Crippen MR) is 124 cm³/mol. The molecule has 0 aliphatic carbocycles. The summed E-state index contributed by atoms with van der Waals surface area (Å²) in [4.78, 5) is 16.4. The number of nitrogens with zero attached hydrogens (tertiary/aromatic N) is 2. The van der Waals surface area contributed by atoms with Crippen molar-refractivity contribution in [2.75, 3.05) is 29.4 Å². The maximum Gasteiger partial charge on any atom is 0.240 e. The summed E-state index contributed by atoms with van der Waals surface area (Å²) in [6, 6.07) is 13.1. The summed E-state index contributed by atoms with van der Waals surface area (Å²) in [5.74, 6) is 0.804. The molecule has 2 heterocycles. The van der Waals surface area contributed by atoms with Gasteiger partial charge >= 0.3 is 0 Å². The Morgan fingerprint density at radius 1 is 1.06 bits per heavy atom. The number of benzene rings is 2. The number of carbonyl (C=O) groups excluding carboxylic acids is 1. The number of carbonyl (C=O) groups is 1. The fourth-order valence-corrected chi connectivity index (χ4v) is 5.61. The molecule has 2 fully saturated rings. The van der Waals surface area contributed by atoms with Gasteiger partial charge in [-0.05, 0) is 73.6 Å². The normalized spacial score (nSPS) is 19.8. The van der Waals surface area contributed by atoms with E-state index in [2.05, 4.69) is 28.7 Å². The lowest BCUT2D eigenvalue weighted by Crippen LogP contribution is -2.34. The largest absolute Gasteiger partial charge is 0.371 e. The van der Waals surface area contributed by atoms with Crippen molar-refractivity contribution in [3.05, 3.63) is 53.6 Å². The zero-order chi connectivity index (χ0) is 22.0. The Morgan fingerprint density at radius 3 is 2.48 bits per heavy atom. The van der Waals surface area contributed by atoms with Gasteiger partial charge in [0.05, 0.1) is 4.90 Å². The average Bonchev–Trinajstić information content (AvgIpc) is 3.18. The number of rotatable bonds is 6. The molecule has 6 nitrogen and oxygen atoms in total. The van der Waals surface area contributed by atoms with Gasteiger partial charge in [0.15, 0.2) is 0 Å². The molecule has 0 saturated carbocycles. The quantitative estimate of drug-likeness (QED) is 0.740. The third-order valence-corrected chi connectivity index (χ3v) is 7.67. The molecule has 7 heteroatoms. The van der Waals surface area contributed by atoms with Gasteiger partial charge in [0.25, 0.3) is 0 Å². The van der Waals surface area contributed by atoms with Gasteiger partial charge in [0.1, 0.15) is 0 Å². The lowest BCUT2D eigenvalue weighted by Gasteiger charge is -2.32. The zero-order valence-electron chi connectivity index (χ0n) is 18.3. The first kappa shape index (κ1) is 21.8. The first-order valence-corrected chi connectivity index (χ1v) is 12.6. The summed E-state index contributed by atoms with van der Waals surface area (Å²) < 4.78 is 28.3. The molecule has 0 unspecified atom stereocenters. The van der Waals surface area contributed by atoms with Crippen molar-refractivity contribution in [1.82, 2.24) is 4.72 Å². The molecule has 2 aromatic rings. The van der Waals surface area contributed by atoms with Crippen molar-refractivity contribution >= 4 is 27.3 Å². The third-order valence-electron chi connectivity index (χ3n) is 6.27. The zero-order valence-corrected chi connectivity index (χ0v) is 19.1. The van der Waals surface area contributed by atoms with Gasteiger partial charge in [0, 0.05) is 44.0 Å². The van der Waals surface area contributed by atoms with Crippen molar-refractivity contribution in [1.29, 1.82) is 0 Å². The van der Waals surface area contributed by atoms with Gasteiger partial charge in [-0.25, -0.2) is 13.1 Å². The molecule has 1 amide bonds. The minimum atomic E-state index is -3.64. The van der Waals surface area contributed by atoms with Crippen LogP contribution in [0.3, 0.4) is 0 Å². The fraction of sp³-hybridized carbons (Fsp3) is 0.458. The highest BCUT2D eigenvalue weighted by atomic mass is 32.2. The highest BCUT2D eigenvalue weighted by Gasteiger charge is 2.24. The molecule has 31 heavy (non-hydrogen) atoms. The summed E-state index contributed by atoms with van der Waals surface area (Å²) >= 11 is 0. The summed E-state index contributed by atoms with van der Waals surface area (Å²) in [7, 11) is -3.64. The average molecular weight is 442 g/mol. The summed E-state index contributed by atoms with van der Waals surface area (Å²) in [6.07, 6.45) is 3.89. The van der Waals surface area contributed by atoms with Crippen LogP contribution in [-0.2, 0) is 21.4 Å². The van der Waals surface area contributed by atoms with E-state index in [9.17, 15) is 13.2 Å². The number of hydrogen-bond acceptors (Lipinski definition) is 4. The fourth-order valence-electron chi connectivity index (χ4n) is 4.51. The highest BCUT2D eigenvalue weighted by Crippen LogP contribution is 2.27. The second kappa shape index (κ2) is 9.01. The molecule has 0 radical (unpaired) electrons. The third kappa shape index (κ3) is 4.93. The molecule has 0 spiro atoms. The van der Waals surface area contributed by atoms with Crippen molar-refractivity contribution in [3.63, 3.8) is 0 Å². The van der Waals surface area contributed by atoms with E-state index >= 15 is 0 Å². The number of aryl methyl sites for hydroxylation is 1. The van der Waals surface area contributed by atoms with E-state index in [4.69, 9.17) is 0 Å². The van der Waals surface area contributed by atoms with Crippen LogP contribution in [0.1, 0.15) is 43.7 Å². The van der Waals surface area contributed by atoms with E-state index < -0.39 is 10.0 Å². The van der Waals surface area contributed by atoms with E-state index in [1.54, 1.807) is 23.1 Å². The maximum absolute atomic E-state index is 12.8. The van der Waals surface area contributed by atoms with Crippen LogP contribution in [-0.4, -0.2) is 34.0 Å². The lowest BCUT2D eigenvalue weighted by atomic mass is 9.99. The number of piperidine rings is 1. The van der Waals surface area contributed by atoms with Gasteiger partial charge in [-0.2, -0.15) is 0 Å². The molecule has 166 valence electrons. The van der Waals surface area contributed by atoms with Crippen molar-refractivity contribution < 1.29 is 13.2 Å². The number of hydrogen-bond donors (Lipinski definition) is 1. The molecule has 0 aromatic heterocycles. The Morgan fingerprint density at radius 2 is 1.84 bits per heavy atom. The number of nitrogens with one attached hydrogen (secondary N) is 1. The van der Waals surface area contributed by atoms with Gasteiger partial charge in [0.2, 0.25) is 15.9 Å². The van der Waals surface area contributed by atoms with Crippen LogP contribution in [0.5, 0.6) is 0 Å². The maximum atomic E-state index is 12.8. The first-order valence-electron chi connectivity index (χ1n) is 11.1. The van der Waals surface area contributed by atoms with Crippen LogP contribution in [0.2, 0.25) is 0 Å². The minimum Gasteiger partial charge on any atom is -0.371 e. The van der Waals surface area contributed by atoms with Crippen LogP contribution in [0, 0.1) is 12.8 Å². The van der Waals surface area contributed by atoms with E-state index in [-0.39, 0.29) is 17.3 Å². The summed E-state index contributed by atoms with van der Waals surface area (Å²) in [6.45, 7) is 7.21. The Balaban J connectivity index is 1.41. The number of amides is 1. The first-order chi connectivity index (χ1) is 14.8. The van der Waals surface area contributed by atoms with E-state index in [1.807, 2.05) is 19.1 Å². The molecule has 1 N–H and O–H groups in total. The van der Waals surface area contributed by atoms with Gasteiger partial charge in [-0.3, -0.25) is 4.79 Å². The molecule has 2 aliphatic heterocycles. The number of sulfonamides is 1. The molecule has 2 saturated heterocycles. The Hall–Kier alpha value is -2.38. The molecule has 1 atom stereocenters. The van der Waals surface area contributed by atoms with Crippen LogP contribution in [0.25, 0.3) is 0 Å². The monoisotopic (exact) mass is 441 g/mol. The van der Waals surface area contributed by atoms with Crippen LogP contribution in [0.4, 0.5) is 11.4 Å². The molecule has 4 rings (SSSR count). The van der Waals surface area contributed by atoms with E-state index in [0.717, 1.165) is 36.3 Å². The lowest BCUT2D eigenvalue weighted by molar-refractivity contribution is -0.117. The van der Waals surface area contributed by atoms with Crippen LogP contribution in [0.15, 0.2) is 47.4 Å². The Bertz CT molecular complexity index is 1050. The molecule has 0 bridgehead atoms. The van der Waals surface area contributed by atoms with Crippen LogP contribution < -0.4 is 14.5 Å². The molecule has 2 aromatic carbocycles. The van der Waals surface area contributed by atoms with Crippen molar-refractivity contribution in [2.45, 2.75) is 51.0 Å².